The van der Waals surface area contributed by atoms with Crippen LogP contribution < -0.4 is 16.1 Å². The number of rotatable bonds is 7. The maximum atomic E-state index is 12.4. The second-order valence-corrected chi connectivity index (χ2v) is 6.59. The number of aromatic nitrogens is 1. The van der Waals surface area contributed by atoms with Crippen LogP contribution in [0.2, 0.25) is 0 Å². The van der Waals surface area contributed by atoms with Crippen LogP contribution in [-0.2, 0) is 9.59 Å². The van der Waals surface area contributed by atoms with Crippen LogP contribution in [0.25, 0.3) is 10.9 Å². The minimum Gasteiger partial charge on any atom is -0.481 e. The fourth-order valence-corrected chi connectivity index (χ4v) is 2.50. The monoisotopic (exact) mass is 359 g/mol. The summed E-state index contributed by atoms with van der Waals surface area (Å²) in [7, 11) is 0. The van der Waals surface area contributed by atoms with Crippen molar-refractivity contribution >= 4 is 28.7 Å². The minimum absolute atomic E-state index is 0.0773. The Morgan fingerprint density at radius 2 is 1.88 bits per heavy atom. The molecular formula is C18H21N3O5. The number of aliphatic carboxylic acids is 1. The molecule has 2 amide bonds. The predicted octanol–water partition coefficient (Wildman–Crippen LogP) is 1.02. The van der Waals surface area contributed by atoms with E-state index in [1.807, 2.05) is 0 Å². The minimum atomic E-state index is -0.948. The summed E-state index contributed by atoms with van der Waals surface area (Å²) in [5.41, 5.74) is -0.603. The van der Waals surface area contributed by atoms with Gasteiger partial charge in [0.25, 0.3) is 5.91 Å². The molecule has 4 N–H and O–H groups in total. The molecule has 0 unspecified atom stereocenters. The normalized spacial score (nSPS) is 11.2. The molecule has 8 heteroatoms. The van der Waals surface area contributed by atoms with Gasteiger partial charge in [0, 0.05) is 29.1 Å². The number of benzene rings is 1. The molecule has 2 rings (SSSR count). The molecule has 0 saturated heterocycles. The van der Waals surface area contributed by atoms with Gasteiger partial charge in [0.1, 0.15) is 5.56 Å². The quantitative estimate of drug-likeness (QED) is 0.587. The van der Waals surface area contributed by atoms with E-state index in [-0.39, 0.29) is 24.9 Å². The van der Waals surface area contributed by atoms with E-state index < -0.39 is 28.8 Å². The van der Waals surface area contributed by atoms with Crippen LogP contribution in [-0.4, -0.2) is 40.0 Å². The largest absolute Gasteiger partial charge is 0.481 e. The van der Waals surface area contributed by atoms with Gasteiger partial charge < -0.3 is 20.7 Å². The number of nitrogens with one attached hydrogen (secondary N) is 3. The molecular weight excluding hydrogens is 338 g/mol. The van der Waals surface area contributed by atoms with Gasteiger partial charge in [-0.15, -0.1) is 0 Å². The number of hydrogen-bond donors (Lipinski definition) is 4. The lowest BCUT2D eigenvalue weighted by molar-refractivity contribution is -0.137. The Kier molecular flexibility index (Phi) is 5.76. The van der Waals surface area contributed by atoms with Gasteiger partial charge in [-0.05, 0) is 32.4 Å². The van der Waals surface area contributed by atoms with Crippen LogP contribution in [0.15, 0.2) is 35.3 Å². The molecule has 0 aliphatic rings. The zero-order valence-electron chi connectivity index (χ0n) is 14.6. The van der Waals surface area contributed by atoms with E-state index >= 15 is 0 Å². The summed E-state index contributed by atoms with van der Waals surface area (Å²) >= 11 is 0. The number of para-hydroxylation sites is 1. The third kappa shape index (κ3) is 4.92. The average Bonchev–Trinajstić information content (AvgIpc) is 2.58. The number of aromatic amines is 1. The van der Waals surface area contributed by atoms with E-state index in [1.165, 1.54) is 6.20 Å². The van der Waals surface area contributed by atoms with Crippen molar-refractivity contribution in [1.82, 2.24) is 15.6 Å². The molecule has 2 aromatic rings. The van der Waals surface area contributed by atoms with Crippen molar-refractivity contribution in [2.45, 2.75) is 32.2 Å². The average molecular weight is 359 g/mol. The van der Waals surface area contributed by atoms with Gasteiger partial charge in [0.2, 0.25) is 11.3 Å². The maximum Gasteiger partial charge on any atom is 0.303 e. The van der Waals surface area contributed by atoms with Crippen molar-refractivity contribution in [3.05, 3.63) is 46.2 Å². The molecule has 0 saturated carbocycles. The number of pyridine rings is 1. The second-order valence-electron chi connectivity index (χ2n) is 6.59. The molecule has 0 spiro atoms. The van der Waals surface area contributed by atoms with Crippen LogP contribution in [0, 0.1) is 0 Å². The third-order valence-corrected chi connectivity index (χ3v) is 3.88. The first-order valence-corrected chi connectivity index (χ1v) is 8.11. The molecule has 1 heterocycles. The Balaban J connectivity index is 1.98. The fraction of sp³-hybridized carbons (Fsp3) is 0.333. The lowest BCUT2D eigenvalue weighted by atomic mass is 9.98. The lowest BCUT2D eigenvalue weighted by Crippen LogP contribution is -2.48. The molecule has 0 radical (unpaired) electrons. The van der Waals surface area contributed by atoms with Crippen molar-refractivity contribution in [3.8, 4) is 0 Å². The summed E-state index contributed by atoms with van der Waals surface area (Å²) in [6, 6.07) is 6.81. The molecule has 0 aliphatic heterocycles. The van der Waals surface area contributed by atoms with Gasteiger partial charge in [0.05, 0.1) is 6.54 Å². The molecule has 0 atom stereocenters. The van der Waals surface area contributed by atoms with E-state index in [4.69, 9.17) is 5.11 Å². The highest BCUT2D eigenvalue weighted by Gasteiger charge is 2.22. The van der Waals surface area contributed by atoms with Gasteiger partial charge in [-0.3, -0.25) is 19.2 Å². The van der Waals surface area contributed by atoms with Crippen molar-refractivity contribution in [2.75, 3.05) is 6.54 Å². The Hall–Kier alpha value is -3.16. The molecule has 0 aliphatic carbocycles. The number of carbonyl (C=O) groups is 3. The smallest absolute Gasteiger partial charge is 0.303 e. The van der Waals surface area contributed by atoms with E-state index in [0.717, 1.165) is 0 Å². The topological polar surface area (TPSA) is 128 Å². The molecule has 8 nitrogen and oxygen atoms in total. The van der Waals surface area contributed by atoms with Crippen molar-refractivity contribution in [2.24, 2.45) is 0 Å². The molecule has 0 fully saturated rings. The molecule has 26 heavy (non-hydrogen) atoms. The third-order valence-electron chi connectivity index (χ3n) is 3.88. The Morgan fingerprint density at radius 3 is 2.58 bits per heavy atom. The summed E-state index contributed by atoms with van der Waals surface area (Å²) in [5.74, 6) is -2.07. The van der Waals surface area contributed by atoms with E-state index in [2.05, 4.69) is 15.6 Å². The first-order valence-electron chi connectivity index (χ1n) is 8.11. The van der Waals surface area contributed by atoms with Crippen LogP contribution in [0.1, 0.15) is 37.0 Å². The Bertz CT molecular complexity index is 901. The number of amides is 2. The van der Waals surface area contributed by atoms with Gasteiger partial charge in [-0.2, -0.15) is 0 Å². The van der Waals surface area contributed by atoms with Crippen LogP contribution in [0.5, 0.6) is 0 Å². The van der Waals surface area contributed by atoms with E-state index in [0.29, 0.717) is 10.9 Å². The number of hydrogen-bond acceptors (Lipinski definition) is 4. The van der Waals surface area contributed by atoms with Gasteiger partial charge in [0.15, 0.2) is 0 Å². The number of H-pyrrole nitrogens is 1. The zero-order chi connectivity index (χ0) is 19.3. The van der Waals surface area contributed by atoms with Crippen molar-refractivity contribution in [3.63, 3.8) is 0 Å². The van der Waals surface area contributed by atoms with Crippen molar-refractivity contribution in [1.29, 1.82) is 0 Å². The summed E-state index contributed by atoms with van der Waals surface area (Å²) < 4.78 is 0. The number of carboxylic acids is 1. The summed E-state index contributed by atoms with van der Waals surface area (Å²) in [4.78, 5) is 50.0. The second kappa shape index (κ2) is 7.81. The number of carboxylic acid groups (broad SMARTS) is 1. The van der Waals surface area contributed by atoms with Gasteiger partial charge in [-0.1, -0.05) is 12.1 Å². The number of fused-ring (bicyclic) bond motifs is 1. The van der Waals surface area contributed by atoms with Crippen LogP contribution in [0.3, 0.4) is 0 Å². The molecule has 1 aromatic carbocycles. The zero-order valence-corrected chi connectivity index (χ0v) is 14.6. The SMILES string of the molecule is CC(C)(CCC(=O)O)NC(=O)CNC(=O)c1c[nH]c2ccccc2c1=O. The van der Waals surface area contributed by atoms with E-state index in [9.17, 15) is 19.2 Å². The number of carbonyl (C=O) groups excluding carboxylic acids is 2. The lowest BCUT2D eigenvalue weighted by Gasteiger charge is -2.25. The standard InChI is InChI=1S/C18H21N3O5/c1-18(2,8-7-15(23)24)21-14(22)10-20-17(26)12-9-19-13-6-4-3-5-11(13)16(12)25/h3-6,9H,7-8,10H2,1-2H3,(H,19,25)(H,20,26)(H,21,22)(H,23,24). The first kappa shape index (κ1) is 19.2. The summed E-state index contributed by atoms with van der Waals surface area (Å²) in [5, 5.41) is 14.2. The molecule has 138 valence electrons. The highest BCUT2D eigenvalue weighted by atomic mass is 16.4. The Morgan fingerprint density at radius 1 is 1.19 bits per heavy atom. The van der Waals surface area contributed by atoms with Crippen LogP contribution >= 0.6 is 0 Å². The fourth-order valence-electron chi connectivity index (χ4n) is 2.50. The first-order chi connectivity index (χ1) is 12.2. The summed E-state index contributed by atoms with van der Waals surface area (Å²) in [6.45, 7) is 3.08. The van der Waals surface area contributed by atoms with Crippen molar-refractivity contribution < 1.29 is 19.5 Å². The highest BCUT2D eigenvalue weighted by Crippen LogP contribution is 2.11. The van der Waals surface area contributed by atoms with Gasteiger partial charge >= 0.3 is 5.97 Å². The van der Waals surface area contributed by atoms with Crippen LogP contribution in [0.4, 0.5) is 0 Å². The highest BCUT2D eigenvalue weighted by molar-refractivity contribution is 5.98. The van der Waals surface area contributed by atoms with Gasteiger partial charge in [-0.25, -0.2) is 0 Å². The van der Waals surface area contributed by atoms with E-state index in [1.54, 1.807) is 38.1 Å². The Labute approximate surface area is 149 Å². The maximum absolute atomic E-state index is 12.4. The molecule has 0 bridgehead atoms. The molecule has 1 aromatic heterocycles. The predicted molar refractivity (Wildman–Crippen MR) is 96.0 cm³/mol. The summed E-state index contributed by atoms with van der Waals surface area (Å²) in [6.07, 6.45) is 1.49.